The molecule has 8 heteroatoms. The number of hydrogen-bond donors (Lipinski definition) is 1. The molecule has 0 aliphatic rings. The molecule has 1 unspecified atom stereocenters. The number of anilines is 1. The number of halogens is 1. The topological polar surface area (TPSA) is 75.7 Å². The molecule has 28 heavy (non-hydrogen) atoms. The van der Waals surface area contributed by atoms with Gasteiger partial charge in [0, 0.05) is 18.3 Å². The summed E-state index contributed by atoms with van der Waals surface area (Å²) in [6.45, 7) is 5.62. The van der Waals surface area contributed by atoms with Crippen molar-refractivity contribution in [2.75, 3.05) is 11.1 Å². The van der Waals surface area contributed by atoms with Crippen molar-refractivity contribution in [3.05, 3.63) is 59.9 Å². The second-order valence-electron chi connectivity index (χ2n) is 6.40. The lowest BCUT2D eigenvalue weighted by atomic mass is 10.1. The van der Waals surface area contributed by atoms with Crippen LogP contribution in [0.3, 0.4) is 0 Å². The van der Waals surface area contributed by atoms with Crippen molar-refractivity contribution in [1.29, 1.82) is 0 Å². The fraction of sp³-hybridized carbons (Fsp3) is 0.350. The summed E-state index contributed by atoms with van der Waals surface area (Å²) < 4.78 is 41.7. The highest BCUT2D eigenvalue weighted by Gasteiger charge is 2.20. The van der Waals surface area contributed by atoms with E-state index < -0.39 is 15.9 Å². The fourth-order valence-corrected chi connectivity index (χ4v) is 3.02. The number of hydrogen-bond acceptors (Lipinski definition) is 4. The molecular weight excluding hydrogens is 383 g/mol. The van der Waals surface area contributed by atoms with E-state index in [1.807, 2.05) is 13.8 Å². The highest BCUT2D eigenvalue weighted by atomic mass is 32.2. The standard InChI is InChI=1S/C20H25FN2O4S/c1-4-15(3)23(20(24)22-18-10-7-9-17(21)13-18)14-16-8-6-11-19(12-16)27-28(25,26)5-2/h6-13,15H,4-5,14H2,1-3H3,(H,22,24). The van der Waals surface area contributed by atoms with E-state index >= 15 is 0 Å². The van der Waals surface area contributed by atoms with Crippen molar-refractivity contribution < 1.29 is 21.8 Å². The number of benzene rings is 2. The average Bonchev–Trinajstić information content (AvgIpc) is 2.65. The minimum atomic E-state index is -3.63. The number of nitrogens with one attached hydrogen (secondary N) is 1. The Morgan fingerprint density at radius 1 is 1.18 bits per heavy atom. The van der Waals surface area contributed by atoms with Gasteiger partial charge < -0.3 is 14.4 Å². The van der Waals surface area contributed by atoms with E-state index in [4.69, 9.17) is 4.18 Å². The molecule has 0 bridgehead atoms. The van der Waals surface area contributed by atoms with E-state index in [1.54, 1.807) is 35.2 Å². The summed E-state index contributed by atoms with van der Waals surface area (Å²) in [7, 11) is -3.63. The maximum absolute atomic E-state index is 13.4. The highest BCUT2D eigenvalue weighted by molar-refractivity contribution is 7.87. The van der Waals surface area contributed by atoms with Crippen LogP contribution in [0.25, 0.3) is 0 Å². The van der Waals surface area contributed by atoms with Gasteiger partial charge in [0.25, 0.3) is 0 Å². The van der Waals surface area contributed by atoms with Crippen LogP contribution in [0.5, 0.6) is 5.75 Å². The minimum absolute atomic E-state index is 0.0856. The lowest BCUT2D eigenvalue weighted by molar-refractivity contribution is 0.187. The fourth-order valence-electron chi connectivity index (χ4n) is 2.51. The average molecular weight is 408 g/mol. The third-order valence-electron chi connectivity index (χ3n) is 4.29. The molecule has 6 nitrogen and oxygen atoms in total. The molecular formula is C20H25FN2O4S. The molecule has 2 aromatic carbocycles. The van der Waals surface area contributed by atoms with Crippen LogP contribution < -0.4 is 9.50 Å². The molecule has 0 aromatic heterocycles. The molecule has 0 spiro atoms. The van der Waals surface area contributed by atoms with Crippen LogP contribution in [0, 0.1) is 5.82 Å². The molecule has 0 saturated heterocycles. The van der Waals surface area contributed by atoms with E-state index in [9.17, 15) is 17.6 Å². The molecule has 0 aliphatic carbocycles. The zero-order valence-corrected chi connectivity index (χ0v) is 17.0. The van der Waals surface area contributed by atoms with Crippen LogP contribution in [0.15, 0.2) is 48.5 Å². The van der Waals surface area contributed by atoms with Gasteiger partial charge in [-0.15, -0.1) is 0 Å². The largest absolute Gasteiger partial charge is 0.382 e. The predicted octanol–water partition coefficient (Wildman–Crippen LogP) is 4.39. The SMILES string of the molecule is CCC(C)N(Cc1cccc(OS(=O)(=O)CC)c1)C(=O)Nc1cccc(F)c1. The van der Waals surface area contributed by atoms with Gasteiger partial charge in [-0.25, -0.2) is 9.18 Å². The highest BCUT2D eigenvalue weighted by Crippen LogP contribution is 2.20. The smallest absolute Gasteiger partial charge is 0.322 e. The van der Waals surface area contributed by atoms with Crippen molar-refractivity contribution >= 4 is 21.8 Å². The van der Waals surface area contributed by atoms with Gasteiger partial charge in [0.15, 0.2) is 0 Å². The van der Waals surface area contributed by atoms with Gasteiger partial charge in [0.2, 0.25) is 0 Å². The van der Waals surface area contributed by atoms with E-state index in [0.717, 1.165) is 12.0 Å². The maximum Gasteiger partial charge on any atom is 0.322 e. The molecule has 1 N–H and O–H groups in total. The Kier molecular flexibility index (Phi) is 7.39. The van der Waals surface area contributed by atoms with Gasteiger partial charge >= 0.3 is 16.1 Å². The normalized spacial score (nSPS) is 12.3. The summed E-state index contributed by atoms with van der Waals surface area (Å²) in [5.41, 5.74) is 1.09. The molecule has 2 aromatic rings. The van der Waals surface area contributed by atoms with Gasteiger partial charge in [0.05, 0.1) is 5.75 Å². The number of carbonyl (C=O) groups is 1. The van der Waals surface area contributed by atoms with Gasteiger partial charge in [-0.3, -0.25) is 0 Å². The Morgan fingerprint density at radius 2 is 1.89 bits per heavy atom. The molecule has 0 radical (unpaired) electrons. The molecule has 2 amide bonds. The summed E-state index contributed by atoms with van der Waals surface area (Å²) in [6.07, 6.45) is 0.719. The molecule has 1 atom stereocenters. The summed E-state index contributed by atoms with van der Waals surface area (Å²) in [6, 6.07) is 11.8. The number of nitrogens with zero attached hydrogens (tertiary/aromatic N) is 1. The second-order valence-corrected chi connectivity index (χ2v) is 8.26. The number of carbonyl (C=O) groups excluding carboxylic acids is 1. The first kappa shape index (κ1) is 21.7. The van der Waals surface area contributed by atoms with Crippen molar-refractivity contribution in [3.8, 4) is 5.75 Å². The Balaban J connectivity index is 2.19. The first-order valence-electron chi connectivity index (χ1n) is 9.08. The quantitative estimate of drug-likeness (QED) is 0.658. The van der Waals surface area contributed by atoms with Crippen LogP contribution in [-0.4, -0.2) is 31.1 Å². The Hall–Kier alpha value is -2.61. The first-order chi connectivity index (χ1) is 13.2. The van der Waals surface area contributed by atoms with Crippen molar-refractivity contribution in [3.63, 3.8) is 0 Å². The number of rotatable bonds is 8. The van der Waals surface area contributed by atoms with Crippen molar-refractivity contribution in [2.45, 2.75) is 39.8 Å². The van der Waals surface area contributed by atoms with Crippen LogP contribution in [0.2, 0.25) is 0 Å². The van der Waals surface area contributed by atoms with Crippen molar-refractivity contribution in [1.82, 2.24) is 4.90 Å². The molecule has 0 saturated carbocycles. The molecule has 2 rings (SSSR count). The van der Waals surface area contributed by atoms with E-state index in [1.165, 1.54) is 25.1 Å². The summed E-state index contributed by atoms with van der Waals surface area (Å²) in [5.74, 6) is -0.365. The zero-order valence-electron chi connectivity index (χ0n) is 16.2. The zero-order chi connectivity index (χ0) is 20.7. The van der Waals surface area contributed by atoms with E-state index in [0.29, 0.717) is 5.69 Å². The molecule has 0 aliphatic heterocycles. The Morgan fingerprint density at radius 3 is 2.54 bits per heavy atom. The number of urea groups is 1. The van der Waals surface area contributed by atoms with Gasteiger partial charge in [-0.1, -0.05) is 25.1 Å². The number of amides is 2. The minimum Gasteiger partial charge on any atom is -0.382 e. The van der Waals surface area contributed by atoms with E-state index in [-0.39, 0.29) is 30.1 Å². The predicted molar refractivity (Wildman–Crippen MR) is 107 cm³/mol. The third-order valence-corrected chi connectivity index (χ3v) is 5.44. The molecule has 152 valence electrons. The van der Waals surface area contributed by atoms with Crippen LogP contribution in [0.1, 0.15) is 32.8 Å². The van der Waals surface area contributed by atoms with Crippen molar-refractivity contribution in [2.24, 2.45) is 0 Å². The van der Waals surface area contributed by atoms with E-state index in [2.05, 4.69) is 5.32 Å². The van der Waals surface area contributed by atoms with Crippen LogP contribution >= 0.6 is 0 Å². The maximum atomic E-state index is 13.4. The lowest BCUT2D eigenvalue weighted by Gasteiger charge is -2.29. The Bertz CT molecular complexity index is 918. The van der Waals surface area contributed by atoms with Gasteiger partial charge in [-0.05, 0) is 56.2 Å². The van der Waals surface area contributed by atoms with Gasteiger partial charge in [-0.2, -0.15) is 8.42 Å². The third kappa shape index (κ3) is 6.23. The van der Waals surface area contributed by atoms with Crippen LogP contribution in [0.4, 0.5) is 14.9 Å². The van der Waals surface area contributed by atoms with Gasteiger partial charge in [0.1, 0.15) is 11.6 Å². The first-order valence-corrected chi connectivity index (χ1v) is 10.7. The lowest BCUT2D eigenvalue weighted by Crippen LogP contribution is -2.40. The molecule has 0 heterocycles. The molecule has 0 fully saturated rings. The summed E-state index contributed by atoms with van der Waals surface area (Å²) >= 11 is 0. The van der Waals surface area contributed by atoms with Crippen LogP contribution in [-0.2, 0) is 16.7 Å². The summed E-state index contributed by atoms with van der Waals surface area (Å²) in [5, 5.41) is 2.70. The Labute approximate surface area is 165 Å². The summed E-state index contributed by atoms with van der Waals surface area (Å²) in [4.78, 5) is 14.4. The monoisotopic (exact) mass is 408 g/mol. The second kappa shape index (κ2) is 9.54.